The first-order chi connectivity index (χ1) is 13.2. The fraction of sp³-hybridized carbons (Fsp3) is 0.526. The highest BCUT2D eigenvalue weighted by molar-refractivity contribution is 8.02. The van der Waals surface area contributed by atoms with Gasteiger partial charge in [0.05, 0.1) is 5.25 Å². The fourth-order valence-electron chi connectivity index (χ4n) is 3.07. The maximum atomic E-state index is 12.5. The molecule has 1 aromatic heterocycles. The highest BCUT2D eigenvalue weighted by atomic mass is 32.2. The van der Waals surface area contributed by atoms with E-state index in [9.17, 15) is 4.79 Å². The second-order valence-electron chi connectivity index (χ2n) is 7.14. The van der Waals surface area contributed by atoms with E-state index in [-0.39, 0.29) is 11.2 Å². The molecular weight excluding hydrogens is 378 g/mol. The molecule has 27 heavy (non-hydrogen) atoms. The lowest BCUT2D eigenvalue weighted by molar-refractivity contribution is -0.115. The monoisotopic (exact) mass is 403 g/mol. The maximum absolute atomic E-state index is 12.5. The van der Waals surface area contributed by atoms with Crippen molar-refractivity contribution in [2.45, 2.75) is 54.7 Å². The molecular formula is C19H25N5OS2. The molecule has 2 aromatic rings. The molecule has 0 bridgehead atoms. The average molecular weight is 404 g/mol. The van der Waals surface area contributed by atoms with Crippen LogP contribution in [0.5, 0.6) is 0 Å². The highest BCUT2D eigenvalue weighted by Gasteiger charge is 2.23. The van der Waals surface area contributed by atoms with Crippen LogP contribution in [0.1, 0.15) is 39.0 Å². The van der Waals surface area contributed by atoms with Crippen LogP contribution in [0.25, 0.3) is 0 Å². The van der Waals surface area contributed by atoms with Gasteiger partial charge in [0.2, 0.25) is 11.0 Å². The summed E-state index contributed by atoms with van der Waals surface area (Å²) in [6.45, 7) is 4.15. The van der Waals surface area contributed by atoms with Crippen molar-refractivity contribution in [3.05, 3.63) is 24.3 Å². The molecule has 1 saturated heterocycles. The molecule has 1 aliphatic heterocycles. The van der Waals surface area contributed by atoms with Crippen LogP contribution in [0.2, 0.25) is 0 Å². The molecule has 1 aliphatic carbocycles. The summed E-state index contributed by atoms with van der Waals surface area (Å²) in [6.07, 6.45) is 6.26. The minimum absolute atomic E-state index is 0.0161. The quantitative estimate of drug-likeness (QED) is 0.675. The summed E-state index contributed by atoms with van der Waals surface area (Å²) in [7, 11) is 0. The standard InChI is InChI=1S/C19H25N5OS2/c1-13(26-19-23-22-18(27-19)21-15-5-6-15)17(25)20-14-7-9-16(10-8-14)24-11-3-2-4-12-24/h7-10,13,15H,2-6,11-12H2,1H3,(H,20,25)(H,21,22). The van der Waals surface area contributed by atoms with Gasteiger partial charge in [-0.25, -0.2) is 0 Å². The molecule has 1 unspecified atom stereocenters. The summed E-state index contributed by atoms with van der Waals surface area (Å²) in [5.41, 5.74) is 2.07. The van der Waals surface area contributed by atoms with E-state index in [4.69, 9.17) is 0 Å². The van der Waals surface area contributed by atoms with Gasteiger partial charge in [0, 0.05) is 30.5 Å². The van der Waals surface area contributed by atoms with Crippen molar-refractivity contribution in [3.63, 3.8) is 0 Å². The number of nitrogens with one attached hydrogen (secondary N) is 2. The van der Waals surface area contributed by atoms with E-state index in [2.05, 4.69) is 37.9 Å². The van der Waals surface area contributed by atoms with Gasteiger partial charge in [-0.1, -0.05) is 23.1 Å². The lowest BCUT2D eigenvalue weighted by Crippen LogP contribution is -2.29. The molecule has 0 radical (unpaired) electrons. The molecule has 0 spiro atoms. The SMILES string of the molecule is CC(Sc1nnc(NC2CC2)s1)C(=O)Nc1ccc(N2CCCCC2)cc1. The Morgan fingerprint density at radius 2 is 1.93 bits per heavy atom. The van der Waals surface area contributed by atoms with Crippen LogP contribution >= 0.6 is 23.1 Å². The van der Waals surface area contributed by atoms with E-state index in [1.807, 2.05) is 19.1 Å². The predicted molar refractivity (Wildman–Crippen MR) is 113 cm³/mol. The molecule has 2 heterocycles. The van der Waals surface area contributed by atoms with Crippen molar-refractivity contribution < 1.29 is 4.79 Å². The largest absolute Gasteiger partial charge is 0.372 e. The molecule has 4 rings (SSSR count). The third-order valence-electron chi connectivity index (χ3n) is 4.81. The maximum Gasteiger partial charge on any atom is 0.237 e. The van der Waals surface area contributed by atoms with Gasteiger partial charge in [0.1, 0.15) is 0 Å². The summed E-state index contributed by atoms with van der Waals surface area (Å²) in [5.74, 6) is -0.0161. The molecule has 2 aliphatic rings. The number of rotatable bonds is 7. The smallest absolute Gasteiger partial charge is 0.237 e. The number of amides is 1. The third kappa shape index (κ3) is 5.13. The van der Waals surface area contributed by atoms with Gasteiger partial charge < -0.3 is 15.5 Å². The Balaban J connectivity index is 1.29. The molecule has 1 atom stereocenters. The minimum Gasteiger partial charge on any atom is -0.372 e. The van der Waals surface area contributed by atoms with Crippen LogP contribution in [0.4, 0.5) is 16.5 Å². The van der Waals surface area contributed by atoms with Gasteiger partial charge in [-0.15, -0.1) is 10.2 Å². The van der Waals surface area contributed by atoms with Gasteiger partial charge in [0.25, 0.3) is 0 Å². The van der Waals surface area contributed by atoms with E-state index in [1.54, 1.807) is 0 Å². The van der Waals surface area contributed by atoms with Crippen molar-refractivity contribution in [1.29, 1.82) is 0 Å². The van der Waals surface area contributed by atoms with Gasteiger partial charge >= 0.3 is 0 Å². The van der Waals surface area contributed by atoms with Gasteiger partial charge in [-0.3, -0.25) is 4.79 Å². The molecule has 2 fully saturated rings. The van der Waals surface area contributed by atoms with E-state index >= 15 is 0 Å². The number of carbonyl (C=O) groups excluding carboxylic acids is 1. The van der Waals surface area contributed by atoms with E-state index in [1.165, 1.54) is 60.9 Å². The second kappa shape index (κ2) is 8.48. The number of nitrogens with zero attached hydrogens (tertiary/aromatic N) is 3. The average Bonchev–Trinajstić information content (AvgIpc) is 3.40. The third-order valence-corrected chi connectivity index (χ3v) is 6.85. The van der Waals surface area contributed by atoms with Crippen molar-refractivity contribution in [2.24, 2.45) is 0 Å². The summed E-state index contributed by atoms with van der Waals surface area (Å²) in [4.78, 5) is 14.9. The van der Waals surface area contributed by atoms with Crippen LogP contribution < -0.4 is 15.5 Å². The number of carbonyl (C=O) groups is 1. The van der Waals surface area contributed by atoms with Crippen molar-refractivity contribution >= 4 is 45.5 Å². The number of thioether (sulfide) groups is 1. The number of aromatic nitrogens is 2. The molecule has 1 amide bonds. The number of hydrogen-bond acceptors (Lipinski definition) is 7. The lowest BCUT2D eigenvalue weighted by Gasteiger charge is -2.28. The van der Waals surface area contributed by atoms with E-state index in [0.717, 1.165) is 28.2 Å². The Hall–Kier alpha value is -1.80. The normalized spacial score (nSPS) is 18.2. The van der Waals surface area contributed by atoms with Crippen LogP contribution in [0, 0.1) is 0 Å². The molecule has 144 valence electrons. The Morgan fingerprint density at radius 3 is 2.63 bits per heavy atom. The van der Waals surface area contributed by atoms with Crippen molar-refractivity contribution in [3.8, 4) is 0 Å². The number of anilines is 3. The van der Waals surface area contributed by atoms with Crippen molar-refractivity contribution in [1.82, 2.24) is 10.2 Å². The Labute approximate surface area is 168 Å². The topological polar surface area (TPSA) is 70.1 Å². The first kappa shape index (κ1) is 18.6. The zero-order valence-corrected chi connectivity index (χ0v) is 17.1. The molecule has 6 nitrogen and oxygen atoms in total. The predicted octanol–water partition coefficient (Wildman–Crippen LogP) is 4.22. The van der Waals surface area contributed by atoms with Gasteiger partial charge in [-0.05, 0) is 63.3 Å². The van der Waals surface area contributed by atoms with E-state index in [0.29, 0.717) is 6.04 Å². The Morgan fingerprint density at radius 1 is 1.19 bits per heavy atom. The zero-order valence-electron chi connectivity index (χ0n) is 15.5. The highest BCUT2D eigenvalue weighted by Crippen LogP contribution is 2.32. The van der Waals surface area contributed by atoms with E-state index < -0.39 is 0 Å². The summed E-state index contributed by atoms with van der Waals surface area (Å²) in [6, 6.07) is 8.73. The number of benzene rings is 1. The first-order valence-electron chi connectivity index (χ1n) is 9.60. The van der Waals surface area contributed by atoms with Crippen molar-refractivity contribution in [2.75, 3.05) is 28.6 Å². The van der Waals surface area contributed by atoms with Crippen LogP contribution in [0.15, 0.2) is 28.6 Å². The van der Waals surface area contributed by atoms with Crippen LogP contribution in [-0.4, -0.2) is 40.5 Å². The molecule has 2 N–H and O–H groups in total. The van der Waals surface area contributed by atoms with Crippen LogP contribution in [0.3, 0.4) is 0 Å². The first-order valence-corrected chi connectivity index (χ1v) is 11.3. The number of hydrogen-bond donors (Lipinski definition) is 2. The zero-order chi connectivity index (χ0) is 18.6. The van der Waals surface area contributed by atoms with Crippen LogP contribution in [-0.2, 0) is 4.79 Å². The molecule has 1 saturated carbocycles. The van der Waals surface area contributed by atoms with Gasteiger partial charge in [-0.2, -0.15) is 0 Å². The summed E-state index contributed by atoms with van der Waals surface area (Å²) < 4.78 is 0.821. The molecule has 8 heteroatoms. The Bertz CT molecular complexity index is 769. The van der Waals surface area contributed by atoms with Gasteiger partial charge in [0.15, 0.2) is 4.34 Å². The number of piperidine rings is 1. The second-order valence-corrected chi connectivity index (χ2v) is 9.70. The fourth-order valence-corrected chi connectivity index (χ4v) is 5.05. The minimum atomic E-state index is -0.228. The lowest BCUT2D eigenvalue weighted by atomic mass is 10.1. The molecule has 1 aromatic carbocycles. The summed E-state index contributed by atoms with van der Waals surface area (Å²) in [5, 5.41) is 15.3. The Kier molecular flexibility index (Phi) is 5.83. The summed E-state index contributed by atoms with van der Waals surface area (Å²) >= 11 is 2.96.